The third-order valence-corrected chi connectivity index (χ3v) is 2.30. The van der Waals surface area contributed by atoms with Crippen molar-refractivity contribution < 1.29 is 19.8 Å². The van der Waals surface area contributed by atoms with Gasteiger partial charge in [0, 0.05) is 11.4 Å². The van der Waals surface area contributed by atoms with Gasteiger partial charge in [-0.2, -0.15) is 0 Å². The predicted molar refractivity (Wildman–Crippen MR) is 58.4 cm³/mol. The molecular formula is C11H11ClO4. The Hall–Kier alpha value is -1.39. The van der Waals surface area contributed by atoms with E-state index in [1.807, 2.05) is 0 Å². The van der Waals surface area contributed by atoms with E-state index in [1.54, 1.807) is 6.07 Å². The van der Waals surface area contributed by atoms with Gasteiger partial charge in [0.1, 0.15) is 6.29 Å². The largest absolute Gasteiger partial charge is 0.479 e. The average molecular weight is 243 g/mol. The zero-order valence-corrected chi connectivity index (χ0v) is 9.15. The highest BCUT2D eigenvalue weighted by atomic mass is 35.5. The first-order chi connectivity index (χ1) is 7.54. The van der Waals surface area contributed by atoms with Crippen LogP contribution in [0.3, 0.4) is 0 Å². The number of hydrogen-bond acceptors (Lipinski definition) is 3. The summed E-state index contributed by atoms with van der Waals surface area (Å²) in [5, 5.41) is 18.3. The summed E-state index contributed by atoms with van der Waals surface area (Å²) in [5.74, 6) is -1.33. The van der Waals surface area contributed by atoms with Gasteiger partial charge in [0.25, 0.3) is 0 Å². The normalized spacial score (nSPS) is 12.1. The first-order valence-electron chi connectivity index (χ1n) is 4.68. The number of hydrogen-bond donors (Lipinski definition) is 2. The van der Waals surface area contributed by atoms with Crippen molar-refractivity contribution in [2.75, 3.05) is 0 Å². The first-order valence-corrected chi connectivity index (χ1v) is 5.06. The number of aliphatic hydroxyl groups is 1. The molecule has 0 aliphatic carbocycles. The van der Waals surface area contributed by atoms with Crippen LogP contribution in [0.1, 0.15) is 23.7 Å². The van der Waals surface area contributed by atoms with Gasteiger partial charge >= 0.3 is 5.97 Å². The maximum Gasteiger partial charge on any atom is 0.337 e. The standard InChI is InChI=1S/C11H11ClO4/c12-9-5-7(2-1-3-13)4-8(6-9)10(14)11(15)16/h3-6,10,14H,1-2H2,(H,15,16). The maximum absolute atomic E-state index is 10.6. The van der Waals surface area contributed by atoms with E-state index in [-0.39, 0.29) is 5.56 Å². The molecule has 0 saturated carbocycles. The lowest BCUT2D eigenvalue weighted by Crippen LogP contribution is -2.10. The molecule has 2 N–H and O–H groups in total. The van der Waals surface area contributed by atoms with Crippen LogP contribution in [-0.4, -0.2) is 22.5 Å². The molecule has 0 aromatic heterocycles. The Kier molecular flexibility index (Phi) is 4.46. The van der Waals surface area contributed by atoms with E-state index in [2.05, 4.69) is 0 Å². The van der Waals surface area contributed by atoms with Gasteiger partial charge in [-0.3, -0.25) is 0 Å². The number of carboxylic acids is 1. The Morgan fingerprint density at radius 3 is 2.69 bits per heavy atom. The molecule has 0 radical (unpaired) electrons. The van der Waals surface area contributed by atoms with Crippen LogP contribution in [0.4, 0.5) is 0 Å². The number of halogens is 1. The van der Waals surface area contributed by atoms with Crippen LogP contribution in [0.25, 0.3) is 0 Å². The molecular weight excluding hydrogens is 232 g/mol. The minimum atomic E-state index is -1.59. The molecule has 0 spiro atoms. The molecule has 0 saturated heterocycles. The second-order valence-electron chi connectivity index (χ2n) is 3.34. The van der Waals surface area contributed by atoms with E-state index in [9.17, 15) is 14.7 Å². The smallest absolute Gasteiger partial charge is 0.337 e. The van der Waals surface area contributed by atoms with Crippen molar-refractivity contribution in [3.05, 3.63) is 34.3 Å². The molecule has 0 aliphatic rings. The summed E-state index contributed by atoms with van der Waals surface area (Å²) in [6.07, 6.45) is -0.00530. The highest BCUT2D eigenvalue weighted by Crippen LogP contribution is 2.21. The number of carbonyl (C=O) groups is 2. The molecule has 0 amide bonds. The fourth-order valence-corrected chi connectivity index (χ4v) is 1.61. The van der Waals surface area contributed by atoms with Crippen LogP contribution >= 0.6 is 11.6 Å². The van der Waals surface area contributed by atoms with Crippen LogP contribution in [0.5, 0.6) is 0 Å². The van der Waals surface area contributed by atoms with Gasteiger partial charge in [0.05, 0.1) is 0 Å². The number of rotatable bonds is 5. The fourth-order valence-electron chi connectivity index (χ4n) is 1.35. The minimum Gasteiger partial charge on any atom is -0.479 e. The van der Waals surface area contributed by atoms with E-state index in [0.29, 0.717) is 17.9 Å². The van der Waals surface area contributed by atoms with Gasteiger partial charge in [-0.05, 0) is 29.7 Å². The van der Waals surface area contributed by atoms with Crippen molar-refractivity contribution in [2.24, 2.45) is 0 Å². The molecule has 0 aliphatic heterocycles. The van der Waals surface area contributed by atoms with Crippen molar-refractivity contribution in [1.82, 2.24) is 0 Å². The van der Waals surface area contributed by atoms with E-state index in [0.717, 1.165) is 11.8 Å². The number of carboxylic acid groups (broad SMARTS) is 1. The third kappa shape index (κ3) is 3.32. The SMILES string of the molecule is O=CCCc1cc(Cl)cc(C(O)C(=O)O)c1. The molecule has 1 aromatic rings. The highest BCUT2D eigenvalue weighted by molar-refractivity contribution is 6.30. The van der Waals surface area contributed by atoms with Crippen LogP contribution in [0, 0.1) is 0 Å². The summed E-state index contributed by atoms with van der Waals surface area (Å²) in [4.78, 5) is 20.8. The molecule has 4 nitrogen and oxygen atoms in total. The second-order valence-corrected chi connectivity index (χ2v) is 3.78. The van der Waals surface area contributed by atoms with Crippen molar-refractivity contribution in [2.45, 2.75) is 18.9 Å². The molecule has 86 valence electrons. The molecule has 5 heteroatoms. The fraction of sp³-hybridized carbons (Fsp3) is 0.273. The van der Waals surface area contributed by atoms with Crippen LogP contribution in [0.15, 0.2) is 18.2 Å². The van der Waals surface area contributed by atoms with Crippen molar-refractivity contribution in [3.63, 3.8) is 0 Å². The maximum atomic E-state index is 10.6. The van der Waals surface area contributed by atoms with Gasteiger partial charge in [0.2, 0.25) is 0 Å². The minimum absolute atomic E-state index is 0.223. The topological polar surface area (TPSA) is 74.6 Å². The van der Waals surface area contributed by atoms with Gasteiger partial charge in [-0.25, -0.2) is 4.79 Å². The van der Waals surface area contributed by atoms with Gasteiger partial charge in [-0.15, -0.1) is 0 Å². The number of aliphatic carboxylic acids is 1. The monoisotopic (exact) mass is 242 g/mol. The molecule has 1 rings (SSSR count). The van der Waals surface area contributed by atoms with E-state index in [1.165, 1.54) is 12.1 Å². The number of benzene rings is 1. The third-order valence-electron chi connectivity index (χ3n) is 2.08. The quantitative estimate of drug-likeness (QED) is 0.769. The van der Waals surface area contributed by atoms with Crippen molar-refractivity contribution in [3.8, 4) is 0 Å². The number of aliphatic hydroxyl groups excluding tert-OH is 1. The number of aldehydes is 1. The van der Waals surface area contributed by atoms with E-state index < -0.39 is 12.1 Å². The second kappa shape index (κ2) is 5.63. The summed E-state index contributed by atoms with van der Waals surface area (Å²) in [7, 11) is 0. The van der Waals surface area contributed by atoms with Crippen LogP contribution < -0.4 is 0 Å². The number of carbonyl (C=O) groups excluding carboxylic acids is 1. The first kappa shape index (κ1) is 12.7. The molecule has 16 heavy (non-hydrogen) atoms. The zero-order valence-electron chi connectivity index (χ0n) is 8.39. The van der Waals surface area contributed by atoms with Gasteiger partial charge in [-0.1, -0.05) is 17.7 Å². The predicted octanol–water partition coefficient (Wildman–Crippen LogP) is 1.59. The van der Waals surface area contributed by atoms with Gasteiger partial charge < -0.3 is 15.0 Å². The summed E-state index contributed by atoms with van der Waals surface area (Å²) < 4.78 is 0. The van der Waals surface area contributed by atoms with E-state index in [4.69, 9.17) is 16.7 Å². The molecule has 1 unspecified atom stereocenters. The summed E-state index contributed by atoms with van der Waals surface area (Å²) in [6, 6.07) is 4.57. The van der Waals surface area contributed by atoms with Crippen molar-refractivity contribution >= 4 is 23.9 Å². The Morgan fingerprint density at radius 1 is 1.44 bits per heavy atom. The number of aryl methyl sites for hydroxylation is 1. The average Bonchev–Trinajstić information content (AvgIpc) is 2.24. The zero-order chi connectivity index (χ0) is 12.1. The van der Waals surface area contributed by atoms with Crippen LogP contribution in [0.2, 0.25) is 5.02 Å². The summed E-state index contributed by atoms with van der Waals surface area (Å²) in [5.41, 5.74) is 0.954. The van der Waals surface area contributed by atoms with E-state index >= 15 is 0 Å². The molecule has 1 aromatic carbocycles. The highest BCUT2D eigenvalue weighted by Gasteiger charge is 2.16. The van der Waals surface area contributed by atoms with Crippen molar-refractivity contribution in [1.29, 1.82) is 0 Å². The Morgan fingerprint density at radius 2 is 2.12 bits per heavy atom. The Labute approximate surface area is 97.5 Å². The lowest BCUT2D eigenvalue weighted by Gasteiger charge is -2.08. The Balaban J connectivity index is 2.97. The molecule has 0 fully saturated rings. The summed E-state index contributed by atoms with van der Waals surface area (Å²) in [6.45, 7) is 0. The lowest BCUT2D eigenvalue weighted by atomic mass is 10.0. The Bertz CT molecular complexity index is 403. The van der Waals surface area contributed by atoms with Gasteiger partial charge in [0.15, 0.2) is 6.10 Å². The lowest BCUT2D eigenvalue weighted by molar-refractivity contribution is -0.146. The molecule has 0 bridgehead atoms. The molecule has 1 atom stereocenters. The summed E-state index contributed by atoms with van der Waals surface area (Å²) >= 11 is 5.79. The molecule has 0 heterocycles. The van der Waals surface area contributed by atoms with Crippen LogP contribution in [-0.2, 0) is 16.0 Å².